The van der Waals surface area contributed by atoms with Gasteiger partial charge < -0.3 is 4.74 Å². The van der Waals surface area contributed by atoms with Crippen LogP contribution in [0, 0.1) is 20.1 Å². The van der Waals surface area contributed by atoms with Gasteiger partial charge in [-0.25, -0.2) is 9.97 Å². The first-order valence-electron chi connectivity index (χ1n) is 26.6. The van der Waals surface area contributed by atoms with Gasteiger partial charge in [0.15, 0.2) is 0 Å². The van der Waals surface area contributed by atoms with E-state index < -0.39 is 6.85 Å². The van der Waals surface area contributed by atoms with Gasteiger partial charge in [0, 0.05) is 48.7 Å². The first kappa shape index (κ1) is 39.6. The van der Waals surface area contributed by atoms with E-state index in [0.29, 0.717) is 22.9 Å². The number of imidazole rings is 1. The molecule has 0 aliphatic rings. The van der Waals surface area contributed by atoms with Gasteiger partial charge in [-0.1, -0.05) is 140 Å². The third-order valence-electron chi connectivity index (χ3n) is 14.7. The number of hydrogen-bond donors (Lipinski definition) is 0. The lowest BCUT2D eigenvalue weighted by Crippen LogP contribution is -2.30. The Balaban J connectivity index is 0.874. The van der Waals surface area contributed by atoms with Crippen LogP contribution in [0.2, 0.25) is 0 Å². The third kappa shape index (κ3) is 6.80. The molecule has 75 heavy (non-hydrogen) atoms. The molecule has 15 aromatic rings. The van der Waals surface area contributed by atoms with Crippen molar-refractivity contribution in [2.45, 2.75) is 13.8 Å². The molecule has 0 spiro atoms. The van der Waals surface area contributed by atoms with Crippen molar-refractivity contribution in [2.75, 3.05) is 0 Å². The Hall–Kier alpha value is -10.1. The van der Waals surface area contributed by atoms with Crippen LogP contribution in [0.5, 0.6) is 11.5 Å². The summed E-state index contributed by atoms with van der Waals surface area (Å²) in [5, 5.41) is 6.62. The minimum absolute atomic E-state index is 0.263. The Morgan fingerprint density at radius 3 is 1.64 bits per heavy atom. The van der Waals surface area contributed by atoms with Crippen LogP contribution in [0.3, 0.4) is 0 Å². The lowest BCUT2D eigenvalue weighted by molar-refractivity contribution is -0.572. The third-order valence-corrected chi connectivity index (χ3v) is 14.7. The first-order valence-corrected chi connectivity index (χ1v) is 25.1. The summed E-state index contributed by atoms with van der Waals surface area (Å²) in [5.41, 5.74) is 12.7. The zero-order valence-electron chi connectivity index (χ0n) is 43.6. The van der Waals surface area contributed by atoms with Gasteiger partial charge in [-0.2, -0.15) is 0 Å². The van der Waals surface area contributed by atoms with Crippen LogP contribution in [-0.4, -0.2) is 28.2 Å². The summed E-state index contributed by atoms with van der Waals surface area (Å²) in [7, 11) is 0. The van der Waals surface area contributed by atoms with Crippen LogP contribution < -0.4 is 9.30 Å². The van der Waals surface area contributed by atoms with E-state index in [9.17, 15) is 0 Å². The van der Waals surface area contributed by atoms with Gasteiger partial charge in [0.05, 0.1) is 55.5 Å². The number of fused-ring (bicyclic) bond motifs is 10. The Kier molecular flexibility index (Phi) is 8.84. The SMILES string of the molecule is [2H]C([2H])([2H])c1cc(-n2c3ccc(-c4ccccc4)cc3c3ccc(Oc4cccc(-n5[c-][n+](-c6cc(-n7c8ccccc8c8ccccc87)nc(-n7c8ccccc8c8ccccc87)c6)c6ccccc65)c4)cc32)ncc1C. The fourth-order valence-electron chi connectivity index (χ4n) is 11.2. The molecule has 6 aromatic heterocycles. The van der Waals surface area contributed by atoms with E-state index >= 15 is 0 Å². The highest BCUT2D eigenvalue weighted by molar-refractivity contribution is 6.12. The van der Waals surface area contributed by atoms with Gasteiger partial charge in [0.1, 0.15) is 29.0 Å². The number of aromatic nitrogens is 7. The maximum absolute atomic E-state index is 8.35. The van der Waals surface area contributed by atoms with Gasteiger partial charge in [-0.15, -0.1) is 0 Å². The summed E-state index contributed by atoms with van der Waals surface area (Å²) < 4.78 is 42.7. The van der Waals surface area contributed by atoms with E-state index in [2.05, 4.69) is 201 Å². The highest BCUT2D eigenvalue weighted by Gasteiger charge is 2.22. The topological polar surface area (TPSA) is 58.6 Å². The second-order valence-corrected chi connectivity index (χ2v) is 19.1. The van der Waals surface area contributed by atoms with Crippen molar-refractivity contribution in [3.05, 3.63) is 254 Å². The summed E-state index contributed by atoms with van der Waals surface area (Å²) in [6.45, 7) is -0.523. The van der Waals surface area contributed by atoms with Gasteiger partial charge in [-0.05, 0) is 121 Å². The second kappa shape index (κ2) is 16.8. The van der Waals surface area contributed by atoms with Crippen LogP contribution in [-0.2, 0) is 0 Å². The molecule has 0 radical (unpaired) electrons. The Morgan fingerprint density at radius 1 is 0.427 bits per heavy atom. The molecule has 0 saturated heterocycles. The normalized spacial score (nSPS) is 12.6. The predicted octanol–water partition coefficient (Wildman–Crippen LogP) is 15.9. The summed E-state index contributed by atoms with van der Waals surface area (Å²) in [6, 6.07) is 79.3. The Bertz CT molecular complexity index is 4670. The molecule has 0 fully saturated rings. The van der Waals surface area contributed by atoms with Crippen LogP contribution in [0.1, 0.15) is 15.2 Å². The van der Waals surface area contributed by atoms with Gasteiger partial charge >= 0.3 is 0 Å². The standard InChI is InChI=1S/C67H45N7O/c1-43-35-65(68-41-44(43)2)74-61-34-31-46(45-17-4-3-5-18-45)36-56(61)55-33-32-50(40-64(55)74)75-49-20-16-19-47(37-49)70-42-71(63-30-15-14-29-62(63)70)48-38-66(72-57-25-10-6-21-51(57)52-22-7-11-26-58(52)72)69-67(39-48)73-59-27-12-8-23-53(59)54-24-9-13-28-60(54)73/h3-41H,1-2H3/i1D3. The fraction of sp³-hybridized carbons (Fsp3) is 0.0299. The molecule has 0 saturated carbocycles. The summed E-state index contributed by atoms with van der Waals surface area (Å²) >= 11 is 0. The van der Waals surface area contributed by atoms with E-state index in [1.807, 2.05) is 53.1 Å². The molecule has 0 unspecified atom stereocenters. The molecule has 8 nitrogen and oxygen atoms in total. The number of benzene rings is 9. The van der Waals surface area contributed by atoms with E-state index in [0.717, 1.165) is 111 Å². The van der Waals surface area contributed by atoms with E-state index in [1.54, 1.807) is 19.2 Å². The number of pyridine rings is 2. The van der Waals surface area contributed by atoms with E-state index in [1.165, 1.54) is 0 Å². The van der Waals surface area contributed by atoms with Gasteiger partial charge in [-0.3, -0.25) is 22.8 Å². The summed E-state index contributed by atoms with van der Waals surface area (Å²) in [5.74, 6) is 3.30. The zero-order valence-corrected chi connectivity index (χ0v) is 40.6. The van der Waals surface area contributed by atoms with E-state index in [-0.39, 0.29) is 5.56 Å². The smallest absolute Gasteiger partial charge is 0.269 e. The molecule has 0 N–H and O–H groups in total. The number of ether oxygens (including phenoxy) is 1. The lowest BCUT2D eigenvalue weighted by atomic mass is 10.0. The molecule has 0 aliphatic carbocycles. The molecule has 0 aliphatic heterocycles. The second-order valence-electron chi connectivity index (χ2n) is 19.1. The molecule has 354 valence electrons. The van der Waals surface area contributed by atoms with E-state index in [4.69, 9.17) is 18.8 Å². The lowest BCUT2D eigenvalue weighted by Gasteiger charge is -2.15. The fourth-order valence-corrected chi connectivity index (χ4v) is 11.2. The quantitative estimate of drug-likeness (QED) is 0.113. The molecule has 0 atom stereocenters. The minimum Gasteiger partial charge on any atom is -0.458 e. The van der Waals surface area contributed by atoms with Crippen LogP contribution >= 0.6 is 0 Å². The van der Waals surface area contributed by atoms with Crippen molar-refractivity contribution in [3.63, 3.8) is 0 Å². The molecular formula is C67H45N7O. The van der Waals surface area contributed by atoms with Gasteiger partial charge in [0.2, 0.25) is 0 Å². The Morgan fingerprint density at radius 2 is 0.987 bits per heavy atom. The van der Waals surface area contributed by atoms with Crippen molar-refractivity contribution in [1.82, 2.24) is 28.2 Å². The molecule has 15 rings (SSSR count). The summed E-state index contributed by atoms with van der Waals surface area (Å²) in [4.78, 5) is 10.4. The molecular weight excluding hydrogens is 919 g/mol. The number of rotatable bonds is 8. The predicted molar refractivity (Wildman–Crippen MR) is 304 cm³/mol. The maximum atomic E-state index is 8.35. The molecule has 9 aromatic carbocycles. The maximum Gasteiger partial charge on any atom is 0.269 e. The van der Waals surface area contributed by atoms with Crippen molar-refractivity contribution in [1.29, 1.82) is 0 Å². The highest BCUT2D eigenvalue weighted by Crippen LogP contribution is 2.39. The van der Waals surface area contributed by atoms with Crippen LogP contribution in [0.4, 0.5) is 0 Å². The zero-order chi connectivity index (χ0) is 52.2. The van der Waals surface area contributed by atoms with Gasteiger partial charge in [0.25, 0.3) is 6.33 Å². The van der Waals surface area contributed by atoms with Crippen molar-refractivity contribution in [3.8, 4) is 51.5 Å². The number of nitrogens with zero attached hydrogens (tertiary/aromatic N) is 7. The largest absolute Gasteiger partial charge is 0.458 e. The molecule has 0 bridgehead atoms. The average Bonchev–Trinajstić information content (AvgIpc) is 4.40. The van der Waals surface area contributed by atoms with Crippen molar-refractivity contribution >= 4 is 76.5 Å². The molecule has 6 heterocycles. The number of aryl methyl sites for hydroxylation is 2. The van der Waals surface area contributed by atoms with Crippen molar-refractivity contribution < 1.29 is 13.4 Å². The highest BCUT2D eigenvalue weighted by atomic mass is 16.5. The number of para-hydroxylation sites is 6. The molecule has 8 heteroatoms. The summed E-state index contributed by atoms with van der Waals surface area (Å²) in [6.07, 6.45) is 5.44. The van der Waals surface area contributed by atoms with Crippen LogP contribution in [0.25, 0.3) is 116 Å². The monoisotopic (exact) mass is 966 g/mol. The first-order chi connectivity index (χ1) is 38.2. The van der Waals surface area contributed by atoms with Crippen molar-refractivity contribution in [2.24, 2.45) is 0 Å². The van der Waals surface area contributed by atoms with Crippen LogP contribution in [0.15, 0.2) is 237 Å². The Labute approximate surface area is 435 Å². The average molecular weight is 967 g/mol. The minimum atomic E-state index is -2.31. The number of hydrogen-bond acceptors (Lipinski definition) is 3. The molecule has 0 amide bonds.